The molecule has 31 heavy (non-hydrogen) atoms. The molecule has 0 bridgehead atoms. The first-order valence-corrected chi connectivity index (χ1v) is 12.7. The van der Waals surface area contributed by atoms with Crippen molar-refractivity contribution in [2.75, 3.05) is 24.5 Å². The number of aryl methyl sites for hydroxylation is 1. The Labute approximate surface area is 185 Å². The first-order valence-electron chi connectivity index (χ1n) is 10.4. The molecule has 3 aromatic rings. The van der Waals surface area contributed by atoms with Gasteiger partial charge in [0, 0.05) is 30.2 Å². The van der Waals surface area contributed by atoms with Crippen LogP contribution in [0.2, 0.25) is 0 Å². The van der Waals surface area contributed by atoms with Crippen molar-refractivity contribution >= 4 is 33.0 Å². The SMILES string of the molecule is Cc1sc(-c2ccco2)nc1C(=O)N1CCc2cc(S(=O)(=O)N3CCCCC3)ccc21. The second-order valence-corrected chi connectivity index (χ2v) is 11.0. The highest BCUT2D eigenvalue weighted by Crippen LogP contribution is 2.34. The number of carbonyl (C=O) groups is 1. The Balaban J connectivity index is 1.42. The van der Waals surface area contributed by atoms with Crippen molar-refractivity contribution < 1.29 is 17.6 Å². The average Bonchev–Trinajstić information content (AvgIpc) is 3.53. The Bertz CT molecular complexity index is 1230. The number of amides is 1. The summed E-state index contributed by atoms with van der Waals surface area (Å²) in [4.78, 5) is 20.6. The molecule has 0 radical (unpaired) electrons. The summed E-state index contributed by atoms with van der Waals surface area (Å²) >= 11 is 1.42. The molecule has 2 aliphatic heterocycles. The van der Waals surface area contributed by atoms with E-state index < -0.39 is 10.0 Å². The fourth-order valence-electron chi connectivity index (χ4n) is 4.23. The van der Waals surface area contributed by atoms with E-state index in [4.69, 9.17) is 4.42 Å². The molecule has 7 nitrogen and oxygen atoms in total. The number of benzene rings is 1. The lowest BCUT2D eigenvalue weighted by molar-refractivity contribution is 0.0985. The van der Waals surface area contributed by atoms with Crippen molar-refractivity contribution in [1.29, 1.82) is 0 Å². The predicted molar refractivity (Wildman–Crippen MR) is 119 cm³/mol. The fourth-order valence-corrected chi connectivity index (χ4v) is 6.67. The molecule has 0 aliphatic carbocycles. The van der Waals surface area contributed by atoms with Crippen molar-refractivity contribution in [2.24, 2.45) is 0 Å². The van der Waals surface area contributed by atoms with Crippen molar-refractivity contribution in [1.82, 2.24) is 9.29 Å². The molecule has 9 heteroatoms. The highest BCUT2D eigenvalue weighted by molar-refractivity contribution is 7.89. The van der Waals surface area contributed by atoms with E-state index in [0.29, 0.717) is 47.4 Å². The zero-order valence-corrected chi connectivity index (χ0v) is 18.8. The molecule has 2 aliphatic rings. The van der Waals surface area contributed by atoms with Gasteiger partial charge in [-0.3, -0.25) is 4.79 Å². The van der Waals surface area contributed by atoms with Gasteiger partial charge in [0.25, 0.3) is 5.91 Å². The van der Waals surface area contributed by atoms with Crippen LogP contribution in [0.4, 0.5) is 5.69 Å². The number of carbonyl (C=O) groups excluding carboxylic acids is 1. The maximum absolute atomic E-state index is 13.3. The molecule has 2 aromatic heterocycles. The van der Waals surface area contributed by atoms with Gasteiger partial charge in [-0.1, -0.05) is 6.42 Å². The predicted octanol–water partition coefficient (Wildman–Crippen LogP) is 4.09. The Morgan fingerprint density at radius 1 is 1.13 bits per heavy atom. The smallest absolute Gasteiger partial charge is 0.278 e. The topological polar surface area (TPSA) is 83.7 Å². The standard InChI is InChI=1S/C22H23N3O4S2/c1-15-20(23-21(30-15)19-6-5-13-29-19)22(26)25-12-9-16-14-17(7-8-18(16)25)31(27,28)24-10-3-2-4-11-24/h5-8,13-14H,2-4,9-12H2,1H3. The number of hydrogen-bond acceptors (Lipinski definition) is 6. The van der Waals surface area contributed by atoms with Crippen LogP contribution in [0.15, 0.2) is 45.9 Å². The van der Waals surface area contributed by atoms with Crippen LogP contribution in [-0.2, 0) is 16.4 Å². The molecule has 0 unspecified atom stereocenters. The third kappa shape index (κ3) is 3.60. The number of sulfonamides is 1. The van der Waals surface area contributed by atoms with Gasteiger partial charge in [0.05, 0.1) is 11.2 Å². The van der Waals surface area contributed by atoms with E-state index in [2.05, 4.69) is 4.98 Å². The molecule has 1 aromatic carbocycles. The van der Waals surface area contributed by atoms with E-state index in [1.807, 2.05) is 13.0 Å². The van der Waals surface area contributed by atoms with E-state index in [1.165, 1.54) is 11.3 Å². The number of hydrogen-bond donors (Lipinski definition) is 0. The number of thiazole rings is 1. The minimum atomic E-state index is -3.49. The summed E-state index contributed by atoms with van der Waals surface area (Å²) in [6, 6.07) is 8.72. The number of nitrogens with zero attached hydrogens (tertiary/aromatic N) is 3. The molecular weight excluding hydrogens is 434 g/mol. The highest BCUT2D eigenvalue weighted by Gasteiger charge is 2.32. The molecule has 0 saturated carbocycles. The number of fused-ring (bicyclic) bond motifs is 1. The maximum Gasteiger partial charge on any atom is 0.278 e. The Morgan fingerprint density at radius 2 is 1.94 bits per heavy atom. The second-order valence-electron chi connectivity index (χ2n) is 7.86. The van der Waals surface area contributed by atoms with Gasteiger partial charge >= 0.3 is 0 Å². The van der Waals surface area contributed by atoms with Crippen molar-refractivity contribution in [3.63, 3.8) is 0 Å². The van der Waals surface area contributed by atoms with Crippen molar-refractivity contribution in [3.05, 3.63) is 52.7 Å². The van der Waals surface area contributed by atoms with E-state index >= 15 is 0 Å². The van der Waals surface area contributed by atoms with Crippen molar-refractivity contribution in [2.45, 2.75) is 37.5 Å². The lowest BCUT2D eigenvalue weighted by atomic mass is 10.2. The first-order chi connectivity index (χ1) is 14.9. The van der Waals surface area contributed by atoms with E-state index in [9.17, 15) is 13.2 Å². The molecule has 1 amide bonds. The van der Waals surface area contributed by atoms with Gasteiger partial charge < -0.3 is 9.32 Å². The van der Waals surface area contributed by atoms with Crippen LogP contribution in [0, 0.1) is 6.92 Å². The van der Waals surface area contributed by atoms with Gasteiger partial charge in [0.15, 0.2) is 10.8 Å². The summed E-state index contributed by atoms with van der Waals surface area (Å²) in [5.74, 6) is 0.471. The maximum atomic E-state index is 13.3. The number of piperidine rings is 1. The number of rotatable bonds is 4. The van der Waals surface area contributed by atoms with Gasteiger partial charge in [0.2, 0.25) is 10.0 Å². The van der Waals surface area contributed by atoms with Gasteiger partial charge in [0.1, 0.15) is 5.69 Å². The van der Waals surface area contributed by atoms with Gasteiger partial charge in [-0.2, -0.15) is 4.31 Å². The summed E-state index contributed by atoms with van der Waals surface area (Å²) in [5.41, 5.74) is 2.05. The molecule has 0 atom stereocenters. The third-order valence-electron chi connectivity index (χ3n) is 5.88. The molecule has 0 N–H and O–H groups in total. The van der Waals surface area contributed by atoms with Crippen LogP contribution in [0.1, 0.15) is 40.2 Å². The molecule has 5 rings (SSSR count). The normalized spacial score (nSPS) is 17.1. The third-order valence-corrected chi connectivity index (χ3v) is 8.76. The van der Waals surface area contributed by atoms with Crippen LogP contribution in [0.3, 0.4) is 0 Å². The molecule has 162 valence electrons. The molecule has 1 fully saturated rings. The van der Waals surface area contributed by atoms with Crippen LogP contribution >= 0.6 is 11.3 Å². The fraction of sp³-hybridized carbons (Fsp3) is 0.364. The van der Waals surface area contributed by atoms with Gasteiger partial charge in [-0.15, -0.1) is 11.3 Å². The number of furan rings is 1. The Hall–Kier alpha value is -2.49. The van der Waals surface area contributed by atoms with Crippen LogP contribution < -0.4 is 4.90 Å². The Morgan fingerprint density at radius 3 is 2.68 bits per heavy atom. The zero-order chi connectivity index (χ0) is 21.6. The number of aromatic nitrogens is 1. The van der Waals surface area contributed by atoms with Gasteiger partial charge in [-0.05, 0) is 62.1 Å². The summed E-state index contributed by atoms with van der Waals surface area (Å²) in [7, 11) is -3.49. The van der Waals surface area contributed by atoms with E-state index in [1.54, 1.807) is 39.7 Å². The minimum Gasteiger partial charge on any atom is -0.462 e. The zero-order valence-electron chi connectivity index (χ0n) is 17.2. The van der Waals surface area contributed by atoms with E-state index in [-0.39, 0.29) is 5.91 Å². The molecule has 0 spiro atoms. The largest absolute Gasteiger partial charge is 0.462 e. The highest BCUT2D eigenvalue weighted by atomic mass is 32.2. The minimum absolute atomic E-state index is 0.169. The van der Waals surface area contributed by atoms with E-state index in [0.717, 1.165) is 35.4 Å². The molecule has 4 heterocycles. The quantitative estimate of drug-likeness (QED) is 0.589. The monoisotopic (exact) mass is 457 g/mol. The van der Waals surface area contributed by atoms with Crippen LogP contribution in [0.25, 0.3) is 10.8 Å². The van der Waals surface area contributed by atoms with Crippen molar-refractivity contribution in [3.8, 4) is 10.8 Å². The van der Waals surface area contributed by atoms with Crippen LogP contribution in [-0.4, -0.2) is 43.2 Å². The summed E-state index contributed by atoms with van der Waals surface area (Å²) < 4.78 is 33.0. The summed E-state index contributed by atoms with van der Waals surface area (Å²) in [6.07, 6.45) is 5.09. The lowest BCUT2D eigenvalue weighted by Crippen LogP contribution is -2.35. The summed E-state index contributed by atoms with van der Waals surface area (Å²) in [5, 5.41) is 0.674. The Kier molecular flexibility index (Phi) is 5.19. The summed E-state index contributed by atoms with van der Waals surface area (Å²) in [6.45, 7) is 3.54. The molecule has 1 saturated heterocycles. The van der Waals surface area contributed by atoms with Crippen LogP contribution in [0.5, 0.6) is 0 Å². The average molecular weight is 458 g/mol. The second kappa shape index (κ2) is 7.89. The first kappa shape index (κ1) is 20.4. The molecular formula is C22H23N3O4S2. The number of anilines is 1. The van der Waals surface area contributed by atoms with Gasteiger partial charge in [-0.25, -0.2) is 13.4 Å². The lowest BCUT2D eigenvalue weighted by Gasteiger charge is -2.26.